The van der Waals surface area contributed by atoms with Crippen molar-refractivity contribution in [3.63, 3.8) is 0 Å². The molecule has 6 nitrogen and oxygen atoms in total. The zero-order valence-corrected chi connectivity index (χ0v) is 13.4. The molecule has 0 spiro atoms. The lowest BCUT2D eigenvalue weighted by Crippen LogP contribution is -2.48. The number of carboxylic acids is 1. The van der Waals surface area contributed by atoms with Crippen LogP contribution in [-0.4, -0.2) is 62.5 Å². The van der Waals surface area contributed by atoms with E-state index in [1.807, 2.05) is 30.5 Å². The summed E-state index contributed by atoms with van der Waals surface area (Å²) in [6.45, 7) is 3.62. The third kappa shape index (κ3) is 4.54. The Kier molecular flexibility index (Phi) is 5.76. The highest BCUT2D eigenvalue weighted by molar-refractivity contribution is 5.84. The molecule has 0 amide bonds. The van der Waals surface area contributed by atoms with Crippen LogP contribution in [0, 0.1) is 0 Å². The smallest absolute Gasteiger partial charge is 0.321 e. The zero-order valence-electron chi connectivity index (χ0n) is 13.4. The van der Waals surface area contributed by atoms with Gasteiger partial charge in [-0.3, -0.25) is 9.69 Å². The fourth-order valence-electron chi connectivity index (χ4n) is 2.89. The van der Waals surface area contributed by atoms with E-state index >= 15 is 0 Å². The van der Waals surface area contributed by atoms with Gasteiger partial charge < -0.3 is 20.3 Å². The van der Waals surface area contributed by atoms with Crippen LogP contribution in [0.3, 0.4) is 0 Å². The van der Waals surface area contributed by atoms with Crippen LogP contribution >= 0.6 is 0 Å². The van der Waals surface area contributed by atoms with Crippen LogP contribution in [0.15, 0.2) is 30.5 Å². The Hall–Kier alpha value is -1.89. The van der Waals surface area contributed by atoms with Crippen molar-refractivity contribution in [1.29, 1.82) is 0 Å². The maximum atomic E-state index is 11.8. The monoisotopic (exact) mass is 320 g/mol. The van der Waals surface area contributed by atoms with E-state index in [1.54, 1.807) is 18.7 Å². The average molecular weight is 320 g/mol. The molecular formula is C17H24N2O4. The van der Waals surface area contributed by atoms with Crippen LogP contribution < -0.4 is 0 Å². The summed E-state index contributed by atoms with van der Waals surface area (Å²) in [7, 11) is 0. The van der Waals surface area contributed by atoms with Gasteiger partial charge >= 0.3 is 5.97 Å². The SMILES string of the molecule is CC(O)CN(CC(C)O)C(Cc1c[nH]c2ccccc12)C(=O)O. The van der Waals surface area contributed by atoms with Crippen molar-refractivity contribution in [1.82, 2.24) is 9.88 Å². The van der Waals surface area contributed by atoms with Gasteiger partial charge in [-0.2, -0.15) is 0 Å². The van der Waals surface area contributed by atoms with Crippen molar-refractivity contribution in [2.45, 2.75) is 38.5 Å². The number of carboxylic acid groups (broad SMARTS) is 1. The topological polar surface area (TPSA) is 96.8 Å². The van der Waals surface area contributed by atoms with Crippen molar-refractivity contribution in [3.8, 4) is 0 Å². The molecule has 0 saturated carbocycles. The van der Waals surface area contributed by atoms with E-state index in [0.29, 0.717) is 6.42 Å². The molecule has 23 heavy (non-hydrogen) atoms. The van der Waals surface area contributed by atoms with Gasteiger partial charge in [0.05, 0.1) is 12.2 Å². The maximum Gasteiger partial charge on any atom is 0.321 e. The molecule has 2 aromatic rings. The van der Waals surface area contributed by atoms with Gasteiger partial charge in [0, 0.05) is 36.6 Å². The Bertz CT molecular complexity index is 641. The predicted molar refractivity (Wildman–Crippen MR) is 88.4 cm³/mol. The van der Waals surface area contributed by atoms with Crippen LogP contribution in [0.25, 0.3) is 10.9 Å². The lowest BCUT2D eigenvalue weighted by atomic mass is 10.0. The van der Waals surface area contributed by atoms with Gasteiger partial charge in [0.1, 0.15) is 6.04 Å². The molecule has 6 heteroatoms. The Morgan fingerprint density at radius 3 is 2.35 bits per heavy atom. The van der Waals surface area contributed by atoms with Crippen LogP contribution in [0.4, 0.5) is 0 Å². The second-order valence-corrected chi connectivity index (χ2v) is 6.07. The largest absolute Gasteiger partial charge is 0.480 e. The van der Waals surface area contributed by atoms with Gasteiger partial charge in [0.15, 0.2) is 0 Å². The van der Waals surface area contributed by atoms with Crippen molar-refractivity contribution in [2.24, 2.45) is 0 Å². The van der Waals surface area contributed by atoms with Crippen molar-refractivity contribution in [3.05, 3.63) is 36.0 Å². The average Bonchev–Trinajstić information content (AvgIpc) is 2.86. The number of aliphatic hydroxyl groups is 2. The summed E-state index contributed by atoms with van der Waals surface area (Å²) < 4.78 is 0. The van der Waals surface area contributed by atoms with E-state index in [-0.39, 0.29) is 13.1 Å². The highest BCUT2D eigenvalue weighted by atomic mass is 16.4. The quantitative estimate of drug-likeness (QED) is 0.586. The van der Waals surface area contributed by atoms with E-state index in [0.717, 1.165) is 16.5 Å². The first-order valence-corrected chi connectivity index (χ1v) is 7.76. The fraction of sp³-hybridized carbons (Fsp3) is 0.471. The van der Waals surface area contributed by atoms with Crippen LogP contribution in [0.5, 0.6) is 0 Å². The van der Waals surface area contributed by atoms with E-state index in [9.17, 15) is 20.1 Å². The molecule has 0 aliphatic heterocycles. The van der Waals surface area contributed by atoms with Gasteiger partial charge in [-0.1, -0.05) is 18.2 Å². The summed E-state index contributed by atoms with van der Waals surface area (Å²) in [5.74, 6) is -0.961. The molecule has 0 aliphatic rings. The van der Waals surface area contributed by atoms with E-state index in [2.05, 4.69) is 4.98 Å². The Labute approximate surface area is 135 Å². The van der Waals surface area contributed by atoms with Crippen molar-refractivity contribution >= 4 is 16.9 Å². The summed E-state index contributed by atoms with van der Waals surface area (Å²) in [6, 6.07) is 6.92. The molecule has 0 saturated heterocycles. The number of H-pyrrole nitrogens is 1. The number of fused-ring (bicyclic) bond motifs is 1. The summed E-state index contributed by atoms with van der Waals surface area (Å²) in [5, 5.41) is 29.9. The molecule has 3 unspecified atom stereocenters. The first-order chi connectivity index (χ1) is 10.9. The molecule has 0 radical (unpaired) electrons. The molecule has 0 fully saturated rings. The number of nitrogens with one attached hydrogen (secondary N) is 1. The first kappa shape index (κ1) is 17.5. The van der Waals surface area contributed by atoms with Crippen LogP contribution in [0.1, 0.15) is 19.4 Å². The van der Waals surface area contributed by atoms with Crippen molar-refractivity contribution < 1.29 is 20.1 Å². The highest BCUT2D eigenvalue weighted by Crippen LogP contribution is 2.21. The Morgan fingerprint density at radius 2 is 1.78 bits per heavy atom. The Balaban J connectivity index is 2.27. The van der Waals surface area contributed by atoms with Gasteiger partial charge in [0.25, 0.3) is 0 Å². The number of aromatic amines is 1. The number of hydrogen-bond acceptors (Lipinski definition) is 4. The number of rotatable bonds is 8. The number of hydrogen-bond donors (Lipinski definition) is 4. The molecule has 126 valence electrons. The normalized spacial score (nSPS) is 15.7. The number of carbonyl (C=O) groups is 1. The number of nitrogens with zero attached hydrogens (tertiary/aromatic N) is 1. The second kappa shape index (κ2) is 7.59. The molecule has 0 aliphatic carbocycles. The Morgan fingerprint density at radius 1 is 1.17 bits per heavy atom. The van der Waals surface area contributed by atoms with E-state index < -0.39 is 24.2 Å². The summed E-state index contributed by atoms with van der Waals surface area (Å²) in [6.07, 6.45) is 0.791. The van der Waals surface area contributed by atoms with Crippen LogP contribution in [0.2, 0.25) is 0 Å². The maximum absolute atomic E-state index is 11.8. The highest BCUT2D eigenvalue weighted by Gasteiger charge is 2.28. The zero-order chi connectivity index (χ0) is 17.0. The van der Waals surface area contributed by atoms with Gasteiger partial charge in [-0.25, -0.2) is 0 Å². The first-order valence-electron chi connectivity index (χ1n) is 7.76. The summed E-state index contributed by atoms with van der Waals surface area (Å²) in [5.41, 5.74) is 1.87. The van der Waals surface area contributed by atoms with Crippen molar-refractivity contribution in [2.75, 3.05) is 13.1 Å². The van der Waals surface area contributed by atoms with Crippen LogP contribution in [-0.2, 0) is 11.2 Å². The number of aromatic nitrogens is 1. The lowest BCUT2D eigenvalue weighted by molar-refractivity contribution is -0.144. The molecule has 4 N–H and O–H groups in total. The third-order valence-corrected chi connectivity index (χ3v) is 3.81. The molecule has 1 heterocycles. The standard InChI is InChI=1S/C17H24N2O4/c1-11(20)9-19(10-12(2)21)16(17(22)23)7-13-8-18-15-6-4-3-5-14(13)15/h3-6,8,11-12,16,18,20-21H,7,9-10H2,1-2H3,(H,22,23). The molecule has 0 bridgehead atoms. The number of para-hydroxylation sites is 1. The number of aliphatic hydroxyl groups excluding tert-OH is 2. The molecular weight excluding hydrogens is 296 g/mol. The van der Waals surface area contributed by atoms with Gasteiger partial charge in [-0.15, -0.1) is 0 Å². The predicted octanol–water partition coefficient (Wildman–Crippen LogP) is 1.23. The molecule has 3 atom stereocenters. The summed E-state index contributed by atoms with van der Waals surface area (Å²) >= 11 is 0. The molecule has 2 rings (SSSR count). The number of aliphatic carboxylic acids is 1. The fourth-order valence-corrected chi connectivity index (χ4v) is 2.89. The third-order valence-electron chi connectivity index (χ3n) is 3.81. The van der Waals surface area contributed by atoms with E-state index in [1.165, 1.54) is 0 Å². The lowest BCUT2D eigenvalue weighted by Gasteiger charge is -2.30. The molecule has 1 aromatic carbocycles. The minimum Gasteiger partial charge on any atom is -0.480 e. The van der Waals surface area contributed by atoms with E-state index in [4.69, 9.17) is 0 Å². The second-order valence-electron chi connectivity index (χ2n) is 6.07. The minimum absolute atomic E-state index is 0.199. The summed E-state index contributed by atoms with van der Waals surface area (Å²) in [4.78, 5) is 16.5. The minimum atomic E-state index is -0.961. The number of benzene rings is 1. The molecule has 1 aromatic heterocycles. The van der Waals surface area contributed by atoms with Gasteiger partial charge in [-0.05, 0) is 25.5 Å². The van der Waals surface area contributed by atoms with Gasteiger partial charge in [0.2, 0.25) is 0 Å².